The summed E-state index contributed by atoms with van der Waals surface area (Å²) < 4.78 is 11.8. The van der Waals surface area contributed by atoms with Crippen LogP contribution in [-0.2, 0) is 11.4 Å². The molecule has 6 heteroatoms. The first-order valence-corrected chi connectivity index (χ1v) is 11.8. The van der Waals surface area contributed by atoms with Crippen LogP contribution < -0.4 is 14.8 Å². The molecule has 3 rings (SSSR count). The number of nitrogens with one attached hydrogen (secondary N) is 1. The zero-order chi connectivity index (χ0) is 25.5. The molecule has 0 fully saturated rings. The Morgan fingerprint density at radius 1 is 1.03 bits per heavy atom. The maximum absolute atomic E-state index is 12.8. The van der Waals surface area contributed by atoms with E-state index in [1.165, 1.54) is 17.2 Å². The number of anilines is 1. The predicted octanol–water partition coefficient (Wildman–Crippen LogP) is 7.10. The number of rotatable bonds is 8. The first-order chi connectivity index (χ1) is 16.7. The quantitative estimate of drug-likeness (QED) is 0.271. The minimum Gasteiger partial charge on any atom is -0.490 e. The Kier molecular flexibility index (Phi) is 8.57. The molecule has 1 amide bonds. The average Bonchev–Trinajstić information content (AvgIpc) is 2.82. The molecule has 0 unspecified atom stereocenters. The fraction of sp³-hybridized carbons (Fsp3) is 0.241. The molecule has 0 heterocycles. The molecule has 0 bridgehead atoms. The van der Waals surface area contributed by atoms with Crippen molar-refractivity contribution in [1.29, 1.82) is 5.26 Å². The van der Waals surface area contributed by atoms with Crippen LogP contribution in [-0.4, -0.2) is 12.5 Å². The summed E-state index contributed by atoms with van der Waals surface area (Å²) >= 11 is 6.55. The Morgan fingerprint density at radius 2 is 1.80 bits per heavy atom. The molecule has 35 heavy (non-hydrogen) atoms. The summed E-state index contributed by atoms with van der Waals surface area (Å²) in [4.78, 5) is 12.8. The highest BCUT2D eigenvalue weighted by atomic mass is 35.5. The molecule has 0 aliphatic rings. The maximum atomic E-state index is 12.8. The molecule has 0 saturated heterocycles. The van der Waals surface area contributed by atoms with Gasteiger partial charge in [-0.05, 0) is 92.3 Å². The molecule has 0 aliphatic heterocycles. The average molecular weight is 489 g/mol. The molecular formula is C29H29ClN2O3. The van der Waals surface area contributed by atoms with Crippen molar-refractivity contribution in [3.05, 3.63) is 92.5 Å². The number of nitriles is 1. The van der Waals surface area contributed by atoms with Gasteiger partial charge in [-0.2, -0.15) is 5.26 Å². The number of carbonyl (C=O) groups is 1. The Morgan fingerprint density at radius 3 is 2.49 bits per heavy atom. The van der Waals surface area contributed by atoms with Gasteiger partial charge in [-0.3, -0.25) is 4.79 Å². The number of aryl methyl sites for hydroxylation is 3. The van der Waals surface area contributed by atoms with Gasteiger partial charge in [0.1, 0.15) is 18.2 Å². The lowest BCUT2D eigenvalue weighted by molar-refractivity contribution is -0.112. The van der Waals surface area contributed by atoms with Crippen LogP contribution in [0.2, 0.25) is 5.02 Å². The number of nitrogens with zero attached hydrogens (tertiary/aromatic N) is 1. The summed E-state index contributed by atoms with van der Waals surface area (Å²) in [6.07, 6.45) is 1.49. The van der Waals surface area contributed by atoms with Gasteiger partial charge in [0.25, 0.3) is 5.91 Å². The lowest BCUT2D eigenvalue weighted by Gasteiger charge is -2.15. The van der Waals surface area contributed by atoms with E-state index in [2.05, 4.69) is 31.3 Å². The fourth-order valence-electron chi connectivity index (χ4n) is 3.51. The van der Waals surface area contributed by atoms with Crippen molar-refractivity contribution in [2.45, 2.75) is 41.2 Å². The van der Waals surface area contributed by atoms with Crippen molar-refractivity contribution in [2.24, 2.45) is 0 Å². The molecule has 1 N–H and O–H groups in total. The summed E-state index contributed by atoms with van der Waals surface area (Å²) in [7, 11) is 0. The SMILES string of the molecule is CCOc1cc(/C=C(\C#N)C(=O)Nc2cccc(C)c2C)cc(Cl)c1OCc1ccc(C)c(C)c1. The minimum absolute atomic E-state index is 0.0479. The van der Waals surface area contributed by atoms with E-state index in [1.807, 2.05) is 45.0 Å². The third kappa shape index (κ3) is 6.44. The summed E-state index contributed by atoms with van der Waals surface area (Å²) in [5.74, 6) is 0.370. The highest BCUT2D eigenvalue weighted by Gasteiger charge is 2.16. The second kappa shape index (κ2) is 11.6. The lowest BCUT2D eigenvalue weighted by Crippen LogP contribution is -2.14. The number of amides is 1. The van der Waals surface area contributed by atoms with E-state index in [9.17, 15) is 10.1 Å². The van der Waals surface area contributed by atoms with E-state index >= 15 is 0 Å². The second-order valence-electron chi connectivity index (χ2n) is 8.34. The molecule has 5 nitrogen and oxygen atoms in total. The predicted molar refractivity (Wildman–Crippen MR) is 141 cm³/mol. The molecule has 0 aliphatic carbocycles. The van der Waals surface area contributed by atoms with E-state index in [-0.39, 0.29) is 5.57 Å². The molecule has 0 saturated carbocycles. The van der Waals surface area contributed by atoms with E-state index in [0.717, 1.165) is 16.7 Å². The van der Waals surface area contributed by atoms with Crippen molar-refractivity contribution in [3.8, 4) is 17.6 Å². The van der Waals surface area contributed by atoms with Gasteiger partial charge in [-0.1, -0.05) is 41.9 Å². The fourth-order valence-corrected chi connectivity index (χ4v) is 3.79. The topological polar surface area (TPSA) is 71.3 Å². The van der Waals surface area contributed by atoms with Crippen LogP contribution >= 0.6 is 11.6 Å². The molecule has 0 radical (unpaired) electrons. The van der Waals surface area contributed by atoms with E-state index in [1.54, 1.807) is 18.2 Å². The summed E-state index contributed by atoms with van der Waals surface area (Å²) in [5.41, 5.74) is 6.60. The van der Waals surface area contributed by atoms with Crippen LogP contribution in [0.15, 0.2) is 54.1 Å². The van der Waals surface area contributed by atoms with Gasteiger partial charge in [-0.25, -0.2) is 0 Å². The summed E-state index contributed by atoms with van der Waals surface area (Å²) in [5, 5.41) is 12.8. The van der Waals surface area contributed by atoms with Crippen molar-refractivity contribution in [3.63, 3.8) is 0 Å². The first-order valence-electron chi connectivity index (χ1n) is 11.4. The number of benzene rings is 3. The van der Waals surface area contributed by atoms with Gasteiger partial charge >= 0.3 is 0 Å². The first kappa shape index (κ1) is 25.9. The highest BCUT2D eigenvalue weighted by molar-refractivity contribution is 6.32. The molecule has 0 atom stereocenters. The molecule has 3 aromatic rings. The third-order valence-corrected chi connectivity index (χ3v) is 6.10. The molecule has 3 aromatic carbocycles. The van der Waals surface area contributed by atoms with Gasteiger partial charge in [-0.15, -0.1) is 0 Å². The minimum atomic E-state index is -0.495. The Labute approximate surface area is 212 Å². The zero-order valence-corrected chi connectivity index (χ0v) is 21.4. The van der Waals surface area contributed by atoms with Crippen LogP contribution in [0.25, 0.3) is 6.08 Å². The Hall–Kier alpha value is -3.75. The van der Waals surface area contributed by atoms with Crippen LogP contribution in [0, 0.1) is 39.0 Å². The summed E-state index contributed by atoms with van der Waals surface area (Å²) in [6, 6.07) is 17.1. The lowest BCUT2D eigenvalue weighted by atomic mass is 10.1. The number of hydrogen-bond acceptors (Lipinski definition) is 4. The van der Waals surface area contributed by atoms with Crippen LogP contribution in [0.3, 0.4) is 0 Å². The maximum Gasteiger partial charge on any atom is 0.266 e. The van der Waals surface area contributed by atoms with Crippen LogP contribution in [0.1, 0.15) is 40.3 Å². The van der Waals surface area contributed by atoms with Crippen LogP contribution in [0.5, 0.6) is 11.5 Å². The number of halogens is 1. The third-order valence-electron chi connectivity index (χ3n) is 5.82. The monoisotopic (exact) mass is 488 g/mol. The van der Waals surface area contributed by atoms with Gasteiger partial charge in [0.2, 0.25) is 0 Å². The number of ether oxygens (including phenoxy) is 2. The molecule has 180 valence electrons. The van der Waals surface area contributed by atoms with E-state index in [0.29, 0.717) is 41.0 Å². The van der Waals surface area contributed by atoms with E-state index < -0.39 is 5.91 Å². The standard InChI is InChI=1S/C29H29ClN2O3/c1-6-34-27-15-23(13-24(16-31)29(33)32-26-9-7-8-19(3)21(26)5)14-25(30)28(27)35-17-22-11-10-18(2)20(4)12-22/h7-15H,6,17H2,1-5H3,(H,32,33)/b24-13+. The number of carbonyl (C=O) groups excluding carboxylic acids is 1. The van der Waals surface area contributed by atoms with Crippen molar-refractivity contribution < 1.29 is 14.3 Å². The van der Waals surface area contributed by atoms with Crippen molar-refractivity contribution in [1.82, 2.24) is 0 Å². The van der Waals surface area contributed by atoms with Crippen molar-refractivity contribution >= 4 is 29.3 Å². The molecule has 0 aromatic heterocycles. The zero-order valence-electron chi connectivity index (χ0n) is 20.7. The van der Waals surface area contributed by atoms with Gasteiger partial charge in [0, 0.05) is 5.69 Å². The smallest absolute Gasteiger partial charge is 0.266 e. The number of hydrogen-bond donors (Lipinski definition) is 1. The van der Waals surface area contributed by atoms with Gasteiger partial charge in [0.15, 0.2) is 11.5 Å². The summed E-state index contributed by atoms with van der Waals surface area (Å²) in [6.45, 7) is 10.6. The largest absolute Gasteiger partial charge is 0.490 e. The highest BCUT2D eigenvalue weighted by Crippen LogP contribution is 2.38. The Bertz CT molecular complexity index is 1320. The van der Waals surface area contributed by atoms with E-state index in [4.69, 9.17) is 21.1 Å². The Balaban J connectivity index is 1.86. The normalized spacial score (nSPS) is 11.1. The second-order valence-corrected chi connectivity index (χ2v) is 8.75. The van der Waals surface area contributed by atoms with Gasteiger partial charge in [0.05, 0.1) is 11.6 Å². The van der Waals surface area contributed by atoms with Gasteiger partial charge < -0.3 is 14.8 Å². The molecular weight excluding hydrogens is 460 g/mol. The molecule has 0 spiro atoms. The van der Waals surface area contributed by atoms with Crippen LogP contribution in [0.4, 0.5) is 5.69 Å². The van der Waals surface area contributed by atoms with Crippen molar-refractivity contribution in [2.75, 3.05) is 11.9 Å².